The summed E-state index contributed by atoms with van der Waals surface area (Å²) < 4.78 is 0. The predicted molar refractivity (Wildman–Crippen MR) is 112 cm³/mol. The number of nitrogens with one attached hydrogen (secondary N) is 1. The Morgan fingerprint density at radius 1 is 1.07 bits per heavy atom. The maximum atomic E-state index is 12.6. The predicted octanol–water partition coefficient (Wildman–Crippen LogP) is 2.80. The van der Waals surface area contributed by atoms with Gasteiger partial charge in [0.1, 0.15) is 11.8 Å². The fraction of sp³-hybridized carbons (Fsp3) is 0.455. The minimum atomic E-state index is 0.139. The van der Waals surface area contributed by atoms with Crippen molar-refractivity contribution in [2.45, 2.75) is 32.1 Å². The summed E-state index contributed by atoms with van der Waals surface area (Å²) in [6.45, 7) is 3.54. The molecule has 7 heteroatoms. The molecule has 2 saturated heterocycles. The summed E-state index contributed by atoms with van der Waals surface area (Å²) in [5, 5.41) is 0. The van der Waals surface area contributed by atoms with Gasteiger partial charge < -0.3 is 14.8 Å². The highest BCUT2D eigenvalue weighted by atomic mass is 16.2. The van der Waals surface area contributed by atoms with Crippen molar-refractivity contribution in [3.8, 4) is 0 Å². The summed E-state index contributed by atoms with van der Waals surface area (Å²) in [6.07, 6.45) is 8.06. The Morgan fingerprint density at radius 2 is 1.97 bits per heavy atom. The fourth-order valence-corrected chi connectivity index (χ4v) is 4.93. The van der Waals surface area contributed by atoms with Gasteiger partial charge in [0.25, 0.3) is 0 Å². The van der Waals surface area contributed by atoms with Gasteiger partial charge in [-0.2, -0.15) is 0 Å². The van der Waals surface area contributed by atoms with E-state index in [1.807, 2.05) is 6.07 Å². The number of benzene rings is 1. The highest BCUT2D eigenvalue weighted by Crippen LogP contribution is 2.40. The number of carbonyl (C=O) groups is 1. The van der Waals surface area contributed by atoms with E-state index in [0.29, 0.717) is 18.0 Å². The molecule has 4 heterocycles. The summed E-state index contributed by atoms with van der Waals surface area (Å²) >= 11 is 0. The largest absolute Gasteiger partial charge is 0.354 e. The van der Waals surface area contributed by atoms with Crippen molar-refractivity contribution in [3.63, 3.8) is 0 Å². The van der Waals surface area contributed by atoms with E-state index in [2.05, 4.69) is 54.0 Å². The maximum Gasteiger partial charge on any atom is 0.222 e. The van der Waals surface area contributed by atoms with Crippen LogP contribution in [0, 0.1) is 5.41 Å². The van der Waals surface area contributed by atoms with Gasteiger partial charge in [0, 0.05) is 38.0 Å². The number of H-pyrrole nitrogens is 1. The number of piperidine rings is 2. The number of rotatable bonds is 4. The van der Waals surface area contributed by atoms with Crippen LogP contribution in [0.4, 0.5) is 5.82 Å². The van der Waals surface area contributed by atoms with Gasteiger partial charge in [-0.05, 0) is 31.2 Å². The molecule has 1 aromatic carbocycles. The fourth-order valence-electron chi connectivity index (χ4n) is 4.93. The molecule has 1 N–H and O–H groups in total. The summed E-state index contributed by atoms with van der Waals surface area (Å²) in [6, 6.07) is 10.4. The van der Waals surface area contributed by atoms with Crippen LogP contribution < -0.4 is 4.90 Å². The molecule has 3 aromatic rings. The molecule has 1 amide bonds. The Bertz CT molecular complexity index is 1000. The van der Waals surface area contributed by atoms with E-state index in [-0.39, 0.29) is 5.41 Å². The molecule has 29 heavy (non-hydrogen) atoms. The van der Waals surface area contributed by atoms with E-state index >= 15 is 0 Å². The molecule has 5 rings (SSSR count). The van der Waals surface area contributed by atoms with Crippen molar-refractivity contribution >= 4 is 22.9 Å². The smallest absolute Gasteiger partial charge is 0.222 e. The first-order chi connectivity index (χ1) is 14.2. The highest BCUT2D eigenvalue weighted by molar-refractivity contribution is 5.83. The quantitative estimate of drug-likeness (QED) is 0.741. The molecule has 2 aliphatic heterocycles. The lowest BCUT2D eigenvalue weighted by Gasteiger charge is -2.48. The Balaban J connectivity index is 1.33. The molecular formula is C22H26N6O. The summed E-state index contributed by atoms with van der Waals surface area (Å²) in [5.41, 5.74) is 3.03. The topological polar surface area (TPSA) is 78.0 Å². The molecule has 150 valence electrons. The van der Waals surface area contributed by atoms with Crippen molar-refractivity contribution < 1.29 is 4.79 Å². The molecule has 2 aliphatic rings. The number of aromatic amines is 1. The van der Waals surface area contributed by atoms with E-state index in [1.165, 1.54) is 5.56 Å². The normalized spacial score (nSPS) is 22.6. The minimum absolute atomic E-state index is 0.139. The van der Waals surface area contributed by atoms with E-state index < -0.39 is 0 Å². The number of imidazole rings is 1. The molecule has 1 atom stereocenters. The lowest BCUT2D eigenvalue weighted by Crippen LogP contribution is -2.54. The minimum Gasteiger partial charge on any atom is -0.354 e. The molecular weight excluding hydrogens is 364 g/mol. The molecule has 1 spiro atoms. The third-order valence-electron chi connectivity index (χ3n) is 6.43. The number of nitrogens with zero attached hydrogens (tertiary/aromatic N) is 5. The molecule has 0 bridgehead atoms. The first-order valence-corrected chi connectivity index (χ1v) is 10.4. The number of hydrogen-bond donors (Lipinski definition) is 1. The van der Waals surface area contributed by atoms with Crippen molar-refractivity contribution in [3.05, 3.63) is 48.5 Å². The number of carbonyl (C=O) groups excluding carboxylic acids is 1. The van der Waals surface area contributed by atoms with Crippen LogP contribution in [0.2, 0.25) is 0 Å². The monoisotopic (exact) mass is 390 g/mol. The van der Waals surface area contributed by atoms with Crippen LogP contribution in [0.5, 0.6) is 0 Å². The highest BCUT2D eigenvalue weighted by Gasteiger charge is 2.42. The number of aromatic nitrogens is 4. The second kappa shape index (κ2) is 7.46. The van der Waals surface area contributed by atoms with Crippen LogP contribution in [-0.4, -0.2) is 56.9 Å². The number of likely N-dealkylation sites (tertiary alicyclic amines) is 1. The van der Waals surface area contributed by atoms with E-state index in [0.717, 1.165) is 63.2 Å². The molecule has 7 nitrogen and oxygen atoms in total. The number of anilines is 1. The van der Waals surface area contributed by atoms with Crippen LogP contribution in [-0.2, 0) is 11.2 Å². The van der Waals surface area contributed by atoms with Crippen LogP contribution >= 0.6 is 0 Å². The summed E-state index contributed by atoms with van der Waals surface area (Å²) in [4.78, 5) is 33.3. The number of hydrogen-bond acceptors (Lipinski definition) is 5. The maximum absolute atomic E-state index is 12.6. The Morgan fingerprint density at radius 3 is 2.86 bits per heavy atom. The Kier molecular flexibility index (Phi) is 4.66. The van der Waals surface area contributed by atoms with Crippen LogP contribution in [0.1, 0.15) is 31.2 Å². The molecule has 0 saturated carbocycles. The van der Waals surface area contributed by atoms with Crippen LogP contribution in [0.25, 0.3) is 11.2 Å². The van der Waals surface area contributed by atoms with Gasteiger partial charge in [-0.15, -0.1) is 0 Å². The van der Waals surface area contributed by atoms with Crippen LogP contribution in [0.15, 0.2) is 43.0 Å². The van der Waals surface area contributed by atoms with Crippen LogP contribution in [0.3, 0.4) is 0 Å². The lowest BCUT2D eigenvalue weighted by atomic mass is 9.73. The molecule has 2 aromatic heterocycles. The van der Waals surface area contributed by atoms with Gasteiger partial charge in [-0.25, -0.2) is 15.0 Å². The standard InChI is InChI=1S/C22H26N6O/c29-18-7-10-22(13-27(18)12-8-17-5-2-1-3-6-17)9-4-11-28(14-22)21-19-20(24-15-23-19)25-16-26-21/h1-3,5-6,15-16H,4,7-14H2,(H,23,24,25,26)/t22-/m0/s1. The zero-order valence-corrected chi connectivity index (χ0v) is 16.5. The number of amides is 1. The third kappa shape index (κ3) is 3.57. The Labute approximate surface area is 170 Å². The Hall–Kier alpha value is -2.96. The molecule has 0 radical (unpaired) electrons. The molecule has 0 unspecified atom stereocenters. The summed E-state index contributed by atoms with van der Waals surface area (Å²) in [5.74, 6) is 1.22. The van der Waals surface area contributed by atoms with E-state index in [9.17, 15) is 4.79 Å². The van der Waals surface area contributed by atoms with Gasteiger partial charge in [0.05, 0.1) is 6.33 Å². The van der Waals surface area contributed by atoms with E-state index in [1.54, 1.807) is 12.7 Å². The van der Waals surface area contributed by atoms with Crippen molar-refractivity contribution in [2.75, 3.05) is 31.1 Å². The second-order valence-corrected chi connectivity index (χ2v) is 8.37. The molecule has 0 aliphatic carbocycles. The SMILES string of the molecule is O=C1CC[C@@]2(CCCN(c3ncnc4nc[nH]c34)C2)CN1CCc1ccccc1. The summed E-state index contributed by atoms with van der Waals surface area (Å²) in [7, 11) is 0. The first kappa shape index (κ1) is 18.1. The van der Waals surface area contributed by atoms with Gasteiger partial charge >= 0.3 is 0 Å². The average molecular weight is 390 g/mol. The lowest BCUT2D eigenvalue weighted by molar-refractivity contribution is -0.137. The number of fused-ring (bicyclic) bond motifs is 1. The third-order valence-corrected chi connectivity index (χ3v) is 6.43. The zero-order valence-electron chi connectivity index (χ0n) is 16.5. The van der Waals surface area contributed by atoms with Crippen molar-refractivity contribution in [2.24, 2.45) is 5.41 Å². The van der Waals surface area contributed by atoms with Gasteiger partial charge in [-0.1, -0.05) is 30.3 Å². The van der Waals surface area contributed by atoms with Gasteiger partial charge in [0.2, 0.25) is 5.91 Å². The molecule has 2 fully saturated rings. The van der Waals surface area contributed by atoms with Crippen molar-refractivity contribution in [1.82, 2.24) is 24.8 Å². The van der Waals surface area contributed by atoms with Gasteiger partial charge in [0.15, 0.2) is 11.5 Å². The van der Waals surface area contributed by atoms with Gasteiger partial charge in [-0.3, -0.25) is 4.79 Å². The average Bonchev–Trinajstić information content (AvgIpc) is 3.24. The first-order valence-electron chi connectivity index (χ1n) is 10.4. The van der Waals surface area contributed by atoms with Crippen molar-refractivity contribution in [1.29, 1.82) is 0 Å². The second-order valence-electron chi connectivity index (χ2n) is 8.37. The van der Waals surface area contributed by atoms with E-state index in [4.69, 9.17) is 0 Å². The zero-order chi connectivity index (χ0) is 19.7.